The molecular formula is C28H30F2N2O2. The van der Waals surface area contributed by atoms with Crippen molar-refractivity contribution in [1.82, 2.24) is 10.2 Å². The van der Waals surface area contributed by atoms with Gasteiger partial charge in [-0.25, -0.2) is 8.78 Å². The molecule has 3 rings (SSSR count). The molecular weight excluding hydrogens is 434 g/mol. The minimum Gasteiger partial charge on any atom is -0.354 e. The highest BCUT2D eigenvalue weighted by atomic mass is 19.1. The van der Waals surface area contributed by atoms with Crippen LogP contribution in [0.3, 0.4) is 0 Å². The molecule has 0 heterocycles. The van der Waals surface area contributed by atoms with E-state index in [2.05, 4.69) is 5.32 Å². The highest BCUT2D eigenvalue weighted by molar-refractivity contribution is 5.88. The molecule has 0 aliphatic rings. The van der Waals surface area contributed by atoms with Crippen molar-refractivity contribution in [1.29, 1.82) is 0 Å². The van der Waals surface area contributed by atoms with Gasteiger partial charge in [0.1, 0.15) is 17.7 Å². The number of amides is 2. The number of rotatable bonds is 10. The summed E-state index contributed by atoms with van der Waals surface area (Å²) in [5.41, 5.74) is 1.38. The van der Waals surface area contributed by atoms with Crippen LogP contribution in [-0.4, -0.2) is 29.3 Å². The van der Waals surface area contributed by atoms with Gasteiger partial charge in [-0.05, 0) is 29.2 Å². The van der Waals surface area contributed by atoms with Gasteiger partial charge in [-0.3, -0.25) is 9.59 Å². The zero-order valence-electron chi connectivity index (χ0n) is 19.5. The van der Waals surface area contributed by atoms with Crippen LogP contribution in [0, 0.1) is 17.6 Å². The summed E-state index contributed by atoms with van der Waals surface area (Å²) in [6.07, 6.45) is 0.0199. The number of hydrogen-bond acceptors (Lipinski definition) is 2. The van der Waals surface area contributed by atoms with Crippen LogP contribution < -0.4 is 5.32 Å². The van der Waals surface area contributed by atoms with E-state index in [9.17, 15) is 18.4 Å². The lowest BCUT2D eigenvalue weighted by atomic mass is 10.0. The molecule has 1 N–H and O–H groups in total. The Morgan fingerprint density at radius 3 is 1.97 bits per heavy atom. The summed E-state index contributed by atoms with van der Waals surface area (Å²) in [4.78, 5) is 28.2. The molecule has 0 bridgehead atoms. The zero-order valence-corrected chi connectivity index (χ0v) is 19.5. The lowest BCUT2D eigenvalue weighted by Crippen LogP contribution is -2.51. The fourth-order valence-corrected chi connectivity index (χ4v) is 3.69. The molecule has 0 aliphatic heterocycles. The van der Waals surface area contributed by atoms with Crippen LogP contribution in [0.1, 0.15) is 30.5 Å². The van der Waals surface area contributed by atoms with Gasteiger partial charge < -0.3 is 10.2 Å². The van der Waals surface area contributed by atoms with Crippen LogP contribution in [0.2, 0.25) is 0 Å². The first-order valence-corrected chi connectivity index (χ1v) is 11.4. The Morgan fingerprint density at radius 2 is 1.38 bits per heavy atom. The molecule has 6 heteroatoms. The fraction of sp³-hybridized carbons (Fsp3) is 0.286. The quantitative estimate of drug-likeness (QED) is 0.463. The molecule has 34 heavy (non-hydrogen) atoms. The second-order valence-corrected chi connectivity index (χ2v) is 8.73. The maximum atomic E-state index is 14.6. The monoisotopic (exact) mass is 464 g/mol. The van der Waals surface area contributed by atoms with E-state index >= 15 is 0 Å². The second kappa shape index (κ2) is 12.1. The summed E-state index contributed by atoms with van der Waals surface area (Å²) in [6.45, 7) is 4.30. The molecule has 4 nitrogen and oxygen atoms in total. The molecule has 0 aliphatic carbocycles. The highest BCUT2D eigenvalue weighted by Crippen LogP contribution is 2.19. The average molecular weight is 465 g/mol. The number of nitrogens with one attached hydrogen (secondary N) is 1. The van der Waals surface area contributed by atoms with E-state index in [0.29, 0.717) is 12.1 Å². The maximum absolute atomic E-state index is 14.6. The van der Waals surface area contributed by atoms with Crippen molar-refractivity contribution in [3.63, 3.8) is 0 Å². The van der Waals surface area contributed by atoms with E-state index in [-0.39, 0.29) is 36.8 Å². The summed E-state index contributed by atoms with van der Waals surface area (Å²) < 4.78 is 28.9. The predicted molar refractivity (Wildman–Crippen MR) is 129 cm³/mol. The number of nitrogens with zero attached hydrogens (tertiary/aromatic N) is 1. The zero-order chi connectivity index (χ0) is 24.5. The molecule has 0 radical (unpaired) electrons. The van der Waals surface area contributed by atoms with Gasteiger partial charge in [0.05, 0.1) is 6.42 Å². The van der Waals surface area contributed by atoms with Crippen molar-refractivity contribution in [3.8, 4) is 0 Å². The number of carbonyl (C=O) groups excluding carboxylic acids is 2. The van der Waals surface area contributed by atoms with E-state index in [1.54, 1.807) is 36.4 Å². The number of benzene rings is 3. The largest absolute Gasteiger partial charge is 0.354 e. The van der Waals surface area contributed by atoms with Crippen LogP contribution >= 0.6 is 0 Å². The molecule has 3 aromatic carbocycles. The Kier molecular flexibility index (Phi) is 8.91. The highest BCUT2D eigenvalue weighted by Gasteiger charge is 2.31. The molecule has 0 saturated heterocycles. The Bertz CT molecular complexity index is 1100. The fourth-order valence-electron chi connectivity index (χ4n) is 3.69. The number of halogens is 2. The van der Waals surface area contributed by atoms with Crippen molar-refractivity contribution in [2.75, 3.05) is 6.54 Å². The van der Waals surface area contributed by atoms with E-state index in [0.717, 1.165) is 5.56 Å². The summed E-state index contributed by atoms with van der Waals surface area (Å²) in [6, 6.07) is 20.7. The molecule has 0 spiro atoms. The molecule has 3 aromatic rings. The van der Waals surface area contributed by atoms with Gasteiger partial charge in [0, 0.05) is 25.1 Å². The van der Waals surface area contributed by atoms with Gasteiger partial charge in [0.15, 0.2) is 0 Å². The molecule has 1 atom stereocenters. The minimum absolute atomic E-state index is 0.105. The van der Waals surface area contributed by atoms with E-state index in [1.807, 2.05) is 44.2 Å². The summed E-state index contributed by atoms with van der Waals surface area (Å²) in [5, 5.41) is 2.91. The Labute approximate surface area is 199 Å². The number of carbonyl (C=O) groups is 2. The third kappa shape index (κ3) is 6.98. The van der Waals surface area contributed by atoms with Crippen LogP contribution in [0.5, 0.6) is 0 Å². The lowest BCUT2D eigenvalue weighted by Gasteiger charge is -2.32. The van der Waals surface area contributed by atoms with Crippen LogP contribution in [-0.2, 0) is 29.0 Å². The lowest BCUT2D eigenvalue weighted by molar-refractivity contribution is -0.140. The maximum Gasteiger partial charge on any atom is 0.243 e. The van der Waals surface area contributed by atoms with Gasteiger partial charge >= 0.3 is 0 Å². The van der Waals surface area contributed by atoms with E-state index in [4.69, 9.17) is 0 Å². The normalized spacial score (nSPS) is 11.8. The summed E-state index contributed by atoms with van der Waals surface area (Å²) in [7, 11) is 0. The third-order valence-corrected chi connectivity index (χ3v) is 5.55. The molecule has 1 unspecified atom stereocenters. The van der Waals surface area contributed by atoms with Crippen molar-refractivity contribution in [3.05, 3.63) is 107 Å². The van der Waals surface area contributed by atoms with Gasteiger partial charge in [-0.1, -0.05) is 80.6 Å². The van der Waals surface area contributed by atoms with Crippen LogP contribution in [0.4, 0.5) is 8.78 Å². The van der Waals surface area contributed by atoms with Gasteiger partial charge in [0.25, 0.3) is 0 Å². The SMILES string of the molecule is CC(C)CNC(=O)C(Cc1ccccc1)N(Cc1ccccc1F)C(=O)Cc1ccccc1F. The first-order valence-electron chi connectivity index (χ1n) is 11.4. The van der Waals surface area contributed by atoms with Gasteiger partial charge in [-0.15, -0.1) is 0 Å². The van der Waals surface area contributed by atoms with E-state index < -0.39 is 23.6 Å². The first-order chi connectivity index (χ1) is 16.3. The Morgan fingerprint density at radius 1 is 0.824 bits per heavy atom. The summed E-state index contributed by atoms with van der Waals surface area (Å²) >= 11 is 0. The van der Waals surface area contributed by atoms with Crippen molar-refractivity contribution in [2.24, 2.45) is 5.92 Å². The van der Waals surface area contributed by atoms with Crippen molar-refractivity contribution in [2.45, 2.75) is 39.3 Å². The average Bonchev–Trinajstić information content (AvgIpc) is 2.83. The van der Waals surface area contributed by atoms with Crippen LogP contribution in [0.25, 0.3) is 0 Å². The third-order valence-electron chi connectivity index (χ3n) is 5.55. The number of hydrogen-bond donors (Lipinski definition) is 1. The van der Waals surface area contributed by atoms with Gasteiger partial charge in [0.2, 0.25) is 11.8 Å². The molecule has 0 fully saturated rings. The Balaban J connectivity index is 1.98. The standard InChI is InChI=1S/C28H30F2N2O2/c1-20(2)18-31-28(34)26(16-21-10-4-3-5-11-21)32(19-23-13-7-9-15-25(23)30)27(33)17-22-12-6-8-14-24(22)29/h3-15,20,26H,16-19H2,1-2H3,(H,31,34). The van der Waals surface area contributed by atoms with Crippen molar-refractivity contribution >= 4 is 11.8 Å². The summed E-state index contributed by atoms with van der Waals surface area (Å²) in [5.74, 6) is -1.52. The van der Waals surface area contributed by atoms with E-state index in [1.165, 1.54) is 17.0 Å². The van der Waals surface area contributed by atoms with Crippen LogP contribution in [0.15, 0.2) is 78.9 Å². The molecule has 2 amide bonds. The molecule has 0 aromatic heterocycles. The predicted octanol–water partition coefficient (Wildman–Crippen LogP) is 4.92. The second-order valence-electron chi connectivity index (χ2n) is 8.73. The molecule has 0 saturated carbocycles. The van der Waals surface area contributed by atoms with Gasteiger partial charge in [-0.2, -0.15) is 0 Å². The smallest absolute Gasteiger partial charge is 0.243 e. The minimum atomic E-state index is -0.889. The van der Waals surface area contributed by atoms with Crippen molar-refractivity contribution < 1.29 is 18.4 Å². The first kappa shape index (κ1) is 25.1. The molecule has 178 valence electrons. The Hall–Kier alpha value is -3.54. The topological polar surface area (TPSA) is 49.4 Å².